The Balaban J connectivity index is 1.33. The molecule has 4 rings (SSSR count). The van der Waals surface area contributed by atoms with Gasteiger partial charge in [0.2, 0.25) is 5.91 Å². The van der Waals surface area contributed by atoms with Crippen LogP contribution in [0.4, 0.5) is 18.9 Å². The predicted molar refractivity (Wildman–Crippen MR) is 118 cm³/mol. The molecule has 10 heteroatoms. The molecule has 0 unspecified atom stereocenters. The van der Waals surface area contributed by atoms with Crippen LogP contribution >= 0.6 is 11.3 Å². The Morgan fingerprint density at radius 2 is 2.03 bits per heavy atom. The van der Waals surface area contributed by atoms with Gasteiger partial charge in [-0.3, -0.25) is 14.6 Å². The van der Waals surface area contributed by atoms with E-state index in [-0.39, 0.29) is 18.2 Å². The minimum absolute atomic E-state index is 0.0449. The molecular formula is C23H16F3N3O3S. The van der Waals surface area contributed by atoms with Crippen LogP contribution in [0.2, 0.25) is 0 Å². The molecule has 3 heterocycles. The molecule has 6 nitrogen and oxygen atoms in total. The summed E-state index contributed by atoms with van der Waals surface area (Å²) in [6.45, 7) is 0.0449. The highest BCUT2D eigenvalue weighted by Gasteiger charge is 2.32. The summed E-state index contributed by atoms with van der Waals surface area (Å²) in [6.07, 6.45) is 1.10. The van der Waals surface area contributed by atoms with Gasteiger partial charge in [-0.05, 0) is 46.8 Å². The lowest BCUT2D eigenvalue weighted by molar-refractivity contribution is -0.141. The summed E-state index contributed by atoms with van der Waals surface area (Å²) >= 11 is 1.37. The zero-order valence-corrected chi connectivity index (χ0v) is 17.7. The second kappa shape index (κ2) is 9.29. The summed E-state index contributed by atoms with van der Waals surface area (Å²) in [5.41, 5.74) is 0.810. The maximum Gasteiger partial charge on any atom is 0.433 e. The lowest BCUT2D eigenvalue weighted by Crippen LogP contribution is -2.23. The average molecular weight is 471 g/mol. The third-order valence-electron chi connectivity index (χ3n) is 4.50. The number of ether oxygens (including phenoxy) is 1. The standard InChI is InChI=1S/C23H16F3N3O3S/c24-23(25,26)20-7-5-15(11-27-20)12-28-21(30)8-6-14-9-16(33-13-14)10-19-22(31)29-17-3-1-2-4-18(17)32-19/h1-11,13H,12H2,(H,28,30)(H,29,31)/b8-6+,19-10-. The van der Waals surface area contributed by atoms with Gasteiger partial charge in [-0.25, -0.2) is 0 Å². The highest BCUT2D eigenvalue weighted by Crippen LogP contribution is 2.31. The number of pyridine rings is 1. The molecule has 0 saturated heterocycles. The van der Waals surface area contributed by atoms with Crippen LogP contribution in [0.3, 0.4) is 0 Å². The van der Waals surface area contributed by atoms with E-state index in [9.17, 15) is 22.8 Å². The fourth-order valence-electron chi connectivity index (χ4n) is 2.88. The molecule has 2 N–H and O–H groups in total. The van der Waals surface area contributed by atoms with Crippen molar-refractivity contribution in [1.82, 2.24) is 10.3 Å². The molecule has 1 aliphatic rings. The summed E-state index contributed by atoms with van der Waals surface area (Å²) in [5.74, 6) is -0.0437. The number of nitrogens with zero attached hydrogens (tertiary/aromatic N) is 1. The van der Waals surface area contributed by atoms with Crippen molar-refractivity contribution in [1.29, 1.82) is 0 Å². The number of anilines is 1. The molecule has 2 aromatic heterocycles. The SMILES string of the molecule is O=C(/C=C/c1csc(/C=C2\Oc3ccccc3NC2=O)c1)NCc1ccc(C(F)(F)F)nc1. The van der Waals surface area contributed by atoms with Crippen LogP contribution in [0, 0.1) is 0 Å². The molecule has 0 radical (unpaired) electrons. The fraction of sp³-hybridized carbons (Fsp3) is 0.0870. The Hall–Kier alpha value is -3.92. The van der Waals surface area contributed by atoms with Gasteiger partial charge in [-0.2, -0.15) is 13.2 Å². The highest BCUT2D eigenvalue weighted by atomic mass is 32.1. The van der Waals surface area contributed by atoms with Crippen molar-refractivity contribution in [2.24, 2.45) is 0 Å². The summed E-state index contributed by atoms with van der Waals surface area (Å²) in [5, 5.41) is 7.16. The van der Waals surface area contributed by atoms with Crippen molar-refractivity contribution < 1.29 is 27.5 Å². The van der Waals surface area contributed by atoms with Gasteiger partial charge in [0, 0.05) is 29.8 Å². The number of carbonyl (C=O) groups is 2. The Bertz CT molecular complexity index is 1250. The molecule has 1 aromatic carbocycles. The van der Waals surface area contributed by atoms with E-state index in [1.54, 1.807) is 42.5 Å². The number of para-hydroxylation sites is 2. The topological polar surface area (TPSA) is 80.3 Å². The number of alkyl halides is 3. The van der Waals surface area contributed by atoms with Crippen LogP contribution in [0.25, 0.3) is 12.2 Å². The zero-order valence-electron chi connectivity index (χ0n) is 16.8. The smallest absolute Gasteiger partial charge is 0.433 e. The Labute approximate surface area is 190 Å². The van der Waals surface area contributed by atoms with Crippen LogP contribution in [-0.4, -0.2) is 16.8 Å². The van der Waals surface area contributed by atoms with Gasteiger partial charge in [0.25, 0.3) is 5.91 Å². The van der Waals surface area contributed by atoms with E-state index >= 15 is 0 Å². The molecule has 3 aromatic rings. The van der Waals surface area contributed by atoms with E-state index in [2.05, 4.69) is 15.6 Å². The number of fused-ring (bicyclic) bond motifs is 1. The predicted octanol–water partition coefficient (Wildman–Crippen LogP) is 4.86. The molecule has 1 aliphatic heterocycles. The monoisotopic (exact) mass is 471 g/mol. The van der Waals surface area contributed by atoms with E-state index < -0.39 is 17.8 Å². The Morgan fingerprint density at radius 1 is 1.21 bits per heavy atom. The minimum atomic E-state index is -4.50. The number of hydrogen-bond acceptors (Lipinski definition) is 5. The second-order valence-electron chi connectivity index (χ2n) is 6.94. The largest absolute Gasteiger partial charge is 0.449 e. The molecule has 2 amide bonds. The van der Waals surface area contributed by atoms with Crippen LogP contribution in [0.1, 0.15) is 21.7 Å². The first-order chi connectivity index (χ1) is 15.8. The van der Waals surface area contributed by atoms with E-state index in [4.69, 9.17) is 4.74 Å². The normalized spacial score (nSPS) is 14.6. The third kappa shape index (κ3) is 5.66. The average Bonchev–Trinajstić information content (AvgIpc) is 3.24. The molecule has 168 valence electrons. The number of amides is 2. The number of carbonyl (C=O) groups excluding carboxylic acids is 2. The molecule has 0 bridgehead atoms. The molecule has 0 saturated carbocycles. The van der Waals surface area contributed by atoms with Gasteiger partial charge in [-0.15, -0.1) is 11.3 Å². The number of thiophene rings is 1. The molecular weight excluding hydrogens is 455 g/mol. The molecule has 0 spiro atoms. The van der Waals surface area contributed by atoms with E-state index in [0.29, 0.717) is 17.0 Å². The quantitative estimate of drug-likeness (QED) is 0.521. The fourth-order valence-corrected chi connectivity index (χ4v) is 3.68. The number of hydrogen-bond donors (Lipinski definition) is 2. The van der Waals surface area contributed by atoms with Crippen LogP contribution < -0.4 is 15.4 Å². The first-order valence-electron chi connectivity index (χ1n) is 9.64. The number of nitrogens with one attached hydrogen (secondary N) is 2. The molecule has 0 atom stereocenters. The molecule has 0 fully saturated rings. The second-order valence-corrected chi connectivity index (χ2v) is 7.89. The van der Waals surface area contributed by atoms with Gasteiger partial charge < -0.3 is 15.4 Å². The highest BCUT2D eigenvalue weighted by molar-refractivity contribution is 7.11. The maximum absolute atomic E-state index is 12.5. The van der Waals surface area contributed by atoms with Crippen molar-refractivity contribution in [3.05, 3.63) is 87.6 Å². The van der Waals surface area contributed by atoms with Crippen molar-refractivity contribution in [2.75, 3.05) is 5.32 Å². The van der Waals surface area contributed by atoms with E-state index in [1.165, 1.54) is 23.5 Å². The zero-order chi connectivity index (χ0) is 23.4. The Morgan fingerprint density at radius 3 is 2.79 bits per heavy atom. The lowest BCUT2D eigenvalue weighted by Gasteiger charge is -2.19. The van der Waals surface area contributed by atoms with Crippen molar-refractivity contribution in [2.45, 2.75) is 12.7 Å². The first-order valence-corrected chi connectivity index (χ1v) is 10.5. The van der Waals surface area contributed by atoms with Crippen LogP contribution in [-0.2, 0) is 22.3 Å². The maximum atomic E-state index is 12.5. The summed E-state index contributed by atoms with van der Waals surface area (Å²) in [7, 11) is 0. The van der Waals surface area contributed by atoms with E-state index in [0.717, 1.165) is 22.7 Å². The number of benzene rings is 1. The van der Waals surface area contributed by atoms with E-state index in [1.807, 2.05) is 5.38 Å². The third-order valence-corrected chi connectivity index (χ3v) is 5.40. The summed E-state index contributed by atoms with van der Waals surface area (Å²) in [4.78, 5) is 28.3. The van der Waals surface area contributed by atoms with Crippen molar-refractivity contribution >= 4 is 41.0 Å². The Kier molecular flexibility index (Phi) is 6.27. The minimum Gasteiger partial charge on any atom is -0.449 e. The summed E-state index contributed by atoms with van der Waals surface area (Å²) < 4.78 is 43.3. The van der Waals surface area contributed by atoms with Gasteiger partial charge in [0.15, 0.2) is 11.5 Å². The van der Waals surface area contributed by atoms with Crippen LogP contribution in [0.5, 0.6) is 5.75 Å². The number of halogens is 3. The molecule has 33 heavy (non-hydrogen) atoms. The number of rotatable bonds is 5. The lowest BCUT2D eigenvalue weighted by atomic mass is 10.2. The van der Waals surface area contributed by atoms with Crippen molar-refractivity contribution in [3.63, 3.8) is 0 Å². The van der Waals surface area contributed by atoms with Crippen molar-refractivity contribution in [3.8, 4) is 5.75 Å². The van der Waals surface area contributed by atoms with Crippen LogP contribution in [0.15, 0.2) is 65.9 Å². The summed E-state index contributed by atoms with van der Waals surface area (Å²) in [6, 6.07) is 11.0. The van der Waals surface area contributed by atoms with Gasteiger partial charge >= 0.3 is 6.18 Å². The van der Waals surface area contributed by atoms with Gasteiger partial charge in [-0.1, -0.05) is 18.2 Å². The molecule has 0 aliphatic carbocycles. The van der Waals surface area contributed by atoms with Gasteiger partial charge in [0.05, 0.1) is 5.69 Å². The first kappa shape index (κ1) is 22.3. The number of aromatic nitrogens is 1. The van der Waals surface area contributed by atoms with Gasteiger partial charge in [0.1, 0.15) is 5.69 Å².